The van der Waals surface area contributed by atoms with Gasteiger partial charge in [0.25, 0.3) is 0 Å². The number of thioether (sulfide) groups is 1. The zero-order chi connectivity index (χ0) is 11.7. The molecule has 1 aromatic carbocycles. The molecule has 4 unspecified atom stereocenters. The first kappa shape index (κ1) is 11.6. The van der Waals surface area contributed by atoms with Gasteiger partial charge in [-0.05, 0) is 49.1 Å². The molecule has 17 heavy (non-hydrogen) atoms. The number of fused-ring (bicyclic) bond motifs is 2. The number of rotatable bonds is 4. The van der Waals surface area contributed by atoms with Crippen molar-refractivity contribution in [1.29, 1.82) is 0 Å². The number of benzene rings is 1. The van der Waals surface area contributed by atoms with Crippen LogP contribution in [0.5, 0.6) is 0 Å². The standard InChI is InChI=1S/C15H21NS/c16-10-15(17-13-4-2-1-3-5-13)14-9-11-6-7-12(14)8-11/h1-5,11-12,14-15H,6-10,16H2. The Morgan fingerprint density at radius 1 is 1.18 bits per heavy atom. The number of nitrogens with two attached hydrogens (primary N) is 1. The third-order valence-electron chi connectivity index (χ3n) is 4.53. The van der Waals surface area contributed by atoms with Crippen LogP contribution in [0, 0.1) is 17.8 Å². The third-order valence-corrected chi connectivity index (χ3v) is 5.92. The Morgan fingerprint density at radius 3 is 2.59 bits per heavy atom. The molecular formula is C15H21NS. The van der Waals surface area contributed by atoms with Crippen LogP contribution in [0.1, 0.15) is 25.7 Å². The molecule has 4 atom stereocenters. The molecule has 1 nitrogen and oxygen atoms in total. The second-order valence-corrected chi connectivity index (χ2v) is 6.86. The summed E-state index contributed by atoms with van der Waals surface area (Å²) in [5.41, 5.74) is 6.01. The zero-order valence-electron chi connectivity index (χ0n) is 10.2. The Balaban J connectivity index is 1.68. The number of hydrogen-bond acceptors (Lipinski definition) is 2. The van der Waals surface area contributed by atoms with Crippen LogP contribution in [0.3, 0.4) is 0 Å². The lowest BCUT2D eigenvalue weighted by atomic mass is 9.86. The van der Waals surface area contributed by atoms with Gasteiger partial charge in [0.2, 0.25) is 0 Å². The second-order valence-electron chi connectivity index (χ2n) is 5.54. The van der Waals surface area contributed by atoms with Crippen LogP contribution in [0.15, 0.2) is 35.2 Å². The van der Waals surface area contributed by atoms with E-state index in [1.54, 1.807) is 0 Å². The van der Waals surface area contributed by atoms with Gasteiger partial charge in [-0.3, -0.25) is 0 Å². The molecule has 0 aliphatic heterocycles. The van der Waals surface area contributed by atoms with Crippen molar-refractivity contribution < 1.29 is 0 Å². The summed E-state index contributed by atoms with van der Waals surface area (Å²) in [7, 11) is 0. The van der Waals surface area contributed by atoms with E-state index in [4.69, 9.17) is 5.73 Å². The fourth-order valence-electron chi connectivity index (χ4n) is 3.73. The second kappa shape index (κ2) is 5.03. The van der Waals surface area contributed by atoms with E-state index >= 15 is 0 Å². The summed E-state index contributed by atoms with van der Waals surface area (Å²) in [5.74, 6) is 2.88. The van der Waals surface area contributed by atoms with Gasteiger partial charge in [-0.25, -0.2) is 0 Å². The quantitative estimate of drug-likeness (QED) is 0.824. The molecule has 2 bridgehead atoms. The van der Waals surface area contributed by atoms with Crippen molar-refractivity contribution in [3.05, 3.63) is 30.3 Å². The Kier molecular flexibility index (Phi) is 3.44. The highest BCUT2D eigenvalue weighted by Crippen LogP contribution is 2.52. The van der Waals surface area contributed by atoms with Gasteiger partial charge in [0.05, 0.1) is 0 Å². The smallest absolute Gasteiger partial charge is 0.0248 e. The van der Waals surface area contributed by atoms with Crippen LogP contribution in [-0.2, 0) is 0 Å². The van der Waals surface area contributed by atoms with E-state index in [1.807, 2.05) is 11.8 Å². The highest BCUT2D eigenvalue weighted by Gasteiger charge is 2.42. The largest absolute Gasteiger partial charge is 0.329 e. The zero-order valence-corrected chi connectivity index (χ0v) is 11.0. The topological polar surface area (TPSA) is 26.0 Å². The fraction of sp³-hybridized carbons (Fsp3) is 0.600. The molecule has 2 aliphatic rings. The minimum absolute atomic E-state index is 0.632. The third kappa shape index (κ3) is 2.38. The van der Waals surface area contributed by atoms with Crippen molar-refractivity contribution in [3.8, 4) is 0 Å². The molecule has 0 spiro atoms. The minimum atomic E-state index is 0.632. The summed E-state index contributed by atoms with van der Waals surface area (Å²) in [6, 6.07) is 10.7. The predicted octanol–water partition coefficient (Wildman–Crippen LogP) is 3.54. The molecule has 1 aromatic rings. The molecule has 0 radical (unpaired) electrons. The summed E-state index contributed by atoms with van der Waals surface area (Å²) in [5, 5.41) is 0.632. The highest BCUT2D eigenvalue weighted by molar-refractivity contribution is 8.00. The molecule has 0 heterocycles. The first-order valence-electron chi connectivity index (χ1n) is 6.78. The first-order chi connectivity index (χ1) is 8.36. The SMILES string of the molecule is NCC(Sc1ccccc1)C1CC2CCC1C2. The van der Waals surface area contributed by atoms with E-state index in [1.165, 1.54) is 30.6 Å². The lowest BCUT2D eigenvalue weighted by molar-refractivity contribution is 0.326. The molecule has 2 heteroatoms. The van der Waals surface area contributed by atoms with E-state index in [0.717, 1.165) is 24.3 Å². The van der Waals surface area contributed by atoms with E-state index in [9.17, 15) is 0 Å². The molecule has 0 amide bonds. The summed E-state index contributed by atoms with van der Waals surface area (Å²) >= 11 is 2.00. The fourth-order valence-corrected chi connectivity index (χ4v) is 5.00. The molecule has 2 fully saturated rings. The lowest BCUT2D eigenvalue weighted by Gasteiger charge is -2.29. The van der Waals surface area contributed by atoms with Crippen LogP contribution in [0.4, 0.5) is 0 Å². The summed E-state index contributed by atoms with van der Waals surface area (Å²) < 4.78 is 0. The molecule has 0 aromatic heterocycles. The van der Waals surface area contributed by atoms with Gasteiger partial charge >= 0.3 is 0 Å². The van der Waals surface area contributed by atoms with Crippen LogP contribution in [0.25, 0.3) is 0 Å². The van der Waals surface area contributed by atoms with Crippen LogP contribution >= 0.6 is 11.8 Å². The molecule has 92 valence electrons. The van der Waals surface area contributed by atoms with Crippen molar-refractivity contribution in [3.63, 3.8) is 0 Å². The Hall–Kier alpha value is -0.470. The van der Waals surface area contributed by atoms with Gasteiger partial charge in [0, 0.05) is 16.7 Å². The van der Waals surface area contributed by atoms with Crippen LogP contribution in [-0.4, -0.2) is 11.8 Å². The van der Waals surface area contributed by atoms with E-state index in [0.29, 0.717) is 5.25 Å². The molecule has 2 N–H and O–H groups in total. The van der Waals surface area contributed by atoms with Gasteiger partial charge in [-0.15, -0.1) is 11.8 Å². The van der Waals surface area contributed by atoms with Crippen molar-refractivity contribution in [2.24, 2.45) is 23.5 Å². The summed E-state index contributed by atoms with van der Waals surface area (Å²) in [6.45, 7) is 0.827. The molecular weight excluding hydrogens is 226 g/mol. The minimum Gasteiger partial charge on any atom is -0.329 e. The Morgan fingerprint density at radius 2 is 2.00 bits per heavy atom. The molecule has 0 saturated heterocycles. The van der Waals surface area contributed by atoms with Crippen LogP contribution in [0.2, 0.25) is 0 Å². The Labute approximate surface area is 108 Å². The van der Waals surface area contributed by atoms with Crippen molar-refractivity contribution in [1.82, 2.24) is 0 Å². The van der Waals surface area contributed by atoms with E-state index in [2.05, 4.69) is 30.3 Å². The van der Waals surface area contributed by atoms with E-state index < -0.39 is 0 Å². The summed E-state index contributed by atoms with van der Waals surface area (Å²) in [4.78, 5) is 1.38. The first-order valence-corrected chi connectivity index (χ1v) is 7.66. The van der Waals surface area contributed by atoms with Gasteiger partial charge < -0.3 is 5.73 Å². The van der Waals surface area contributed by atoms with Crippen LogP contribution < -0.4 is 5.73 Å². The maximum Gasteiger partial charge on any atom is 0.0248 e. The van der Waals surface area contributed by atoms with E-state index in [-0.39, 0.29) is 0 Å². The Bertz CT molecular complexity index is 364. The van der Waals surface area contributed by atoms with Crippen molar-refractivity contribution in [2.45, 2.75) is 35.8 Å². The normalized spacial score (nSPS) is 32.9. The monoisotopic (exact) mass is 247 g/mol. The predicted molar refractivity (Wildman–Crippen MR) is 74.1 cm³/mol. The summed E-state index contributed by atoms with van der Waals surface area (Å²) in [6.07, 6.45) is 5.86. The average molecular weight is 247 g/mol. The lowest BCUT2D eigenvalue weighted by Crippen LogP contribution is -2.29. The van der Waals surface area contributed by atoms with Gasteiger partial charge in [0.1, 0.15) is 0 Å². The van der Waals surface area contributed by atoms with Crippen molar-refractivity contribution in [2.75, 3.05) is 6.54 Å². The number of hydrogen-bond donors (Lipinski definition) is 1. The van der Waals surface area contributed by atoms with Gasteiger partial charge in [-0.2, -0.15) is 0 Å². The van der Waals surface area contributed by atoms with Gasteiger partial charge in [-0.1, -0.05) is 24.6 Å². The maximum absolute atomic E-state index is 6.01. The van der Waals surface area contributed by atoms with Gasteiger partial charge in [0.15, 0.2) is 0 Å². The maximum atomic E-state index is 6.01. The molecule has 2 saturated carbocycles. The molecule has 3 rings (SSSR count). The van der Waals surface area contributed by atoms with Crippen molar-refractivity contribution >= 4 is 11.8 Å². The molecule has 2 aliphatic carbocycles. The highest BCUT2D eigenvalue weighted by atomic mass is 32.2. The average Bonchev–Trinajstić information content (AvgIpc) is 2.99.